The number of hydrogen-bond donors (Lipinski definition) is 2. The zero-order valence-electron chi connectivity index (χ0n) is 16.0. The molecule has 0 fully saturated rings. The first kappa shape index (κ1) is 21.3. The quantitative estimate of drug-likeness (QED) is 0.622. The van der Waals surface area contributed by atoms with Crippen LogP contribution in [0.25, 0.3) is 0 Å². The van der Waals surface area contributed by atoms with Crippen LogP contribution in [0.3, 0.4) is 0 Å². The van der Waals surface area contributed by atoms with Crippen molar-refractivity contribution in [2.24, 2.45) is 0 Å². The van der Waals surface area contributed by atoms with Gasteiger partial charge in [0.05, 0.1) is 22.9 Å². The molecule has 28 heavy (non-hydrogen) atoms. The molecule has 136 valence electrons. The van der Waals surface area contributed by atoms with Crippen LogP contribution in [0.5, 0.6) is 5.75 Å². The summed E-state index contributed by atoms with van der Waals surface area (Å²) < 4.78 is 5.62. The van der Waals surface area contributed by atoms with Gasteiger partial charge >= 0.3 is 24.8 Å². The number of carboxylic acid groups (broad SMARTS) is 1. The van der Waals surface area contributed by atoms with E-state index in [-0.39, 0.29) is 31.5 Å². The van der Waals surface area contributed by atoms with Gasteiger partial charge in [0, 0.05) is 10.4 Å². The Morgan fingerprint density at radius 3 is 2.54 bits per heavy atom. The van der Waals surface area contributed by atoms with Gasteiger partial charge in [0.2, 0.25) is 0 Å². The van der Waals surface area contributed by atoms with E-state index in [2.05, 4.69) is 5.32 Å². The molecule has 0 saturated carbocycles. The third-order valence-corrected chi connectivity index (χ3v) is 4.56. The number of benzene rings is 2. The monoisotopic (exact) mass is 386 g/mol. The van der Waals surface area contributed by atoms with Crippen LogP contribution < -0.4 is 28.9 Å². The molecule has 0 aliphatic rings. The molecule has 2 N–H and O–H groups in total. The molecule has 8 heteroatoms. The van der Waals surface area contributed by atoms with Crippen LogP contribution in [0, 0.1) is 11.3 Å². The summed E-state index contributed by atoms with van der Waals surface area (Å²) in [6.07, 6.45) is 0. The van der Waals surface area contributed by atoms with Crippen molar-refractivity contribution in [1.82, 2.24) is 0 Å². The molecule has 1 aromatic heterocycles. The number of ether oxygens (including phenoxy) is 1. The van der Waals surface area contributed by atoms with Crippen molar-refractivity contribution in [1.29, 1.82) is 5.26 Å². The third kappa shape index (κ3) is 5.25. The van der Waals surface area contributed by atoms with E-state index >= 15 is 0 Å². The van der Waals surface area contributed by atoms with Gasteiger partial charge in [-0.15, -0.1) is 11.3 Å². The molecule has 0 radical (unpaired) electrons. The Morgan fingerprint density at radius 1 is 1.18 bits per heavy atom. The van der Waals surface area contributed by atoms with Crippen LogP contribution in [-0.4, -0.2) is 17.0 Å². The number of amides is 1. The minimum atomic E-state index is -1.17. The molecular weight excluding hydrogens is 371 g/mol. The predicted octanol–water partition coefficient (Wildman–Crippen LogP) is 1.27. The van der Waals surface area contributed by atoms with Crippen molar-refractivity contribution in [3.63, 3.8) is 0 Å². The summed E-state index contributed by atoms with van der Waals surface area (Å²) in [5, 5.41) is 22.8. The topological polar surface area (TPSA) is 99.4 Å². The average molecular weight is 386 g/mol. The van der Waals surface area contributed by atoms with Crippen molar-refractivity contribution >= 4 is 28.9 Å². The van der Waals surface area contributed by atoms with E-state index in [9.17, 15) is 14.7 Å². The van der Waals surface area contributed by atoms with Crippen molar-refractivity contribution in [2.45, 2.75) is 6.61 Å². The number of rotatable bonds is 6. The SMILES string of the molecule is N#Cc1ccc(C(=O)Nc2ccc(OCc3cccs3)cc2C(=O)O)cc1.[H-].[Li+]. The summed E-state index contributed by atoms with van der Waals surface area (Å²) in [6, 6.07) is 16.3. The van der Waals surface area contributed by atoms with Gasteiger partial charge in [0.1, 0.15) is 12.4 Å². The second-order valence-corrected chi connectivity index (χ2v) is 6.56. The van der Waals surface area contributed by atoms with Gasteiger partial charge in [-0.3, -0.25) is 4.79 Å². The fourth-order valence-corrected chi connectivity index (χ4v) is 2.95. The van der Waals surface area contributed by atoms with E-state index in [1.165, 1.54) is 36.4 Å². The van der Waals surface area contributed by atoms with Crippen molar-refractivity contribution in [3.05, 3.63) is 81.5 Å². The van der Waals surface area contributed by atoms with Crippen LogP contribution in [0.4, 0.5) is 5.69 Å². The number of anilines is 1. The molecule has 3 rings (SSSR count). The Kier molecular flexibility index (Phi) is 7.42. The first-order valence-corrected chi connectivity index (χ1v) is 8.79. The van der Waals surface area contributed by atoms with Crippen LogP contribution >= 0.6 is 11.3 Å². The number of carbonyl (C=O) groups excluding carboxylic acids is 1. The Morgan fingerprint density at radius 2 is 1.93 bits per heavy atom. The van der Waals surface area contributed by atoms with E-state index in [4.69, 9.17) is 10.00 Å². The minimum Gasteiger partial charge on any atom is -1.00 e. The smallest absolute Gasteiger partial charge is 1.00 e. The van der Waals surface area contributed by atoms with Gasteiger partial charge < -0.3 is 16.6 Å². The van der Waals surface area contributed by atoms with Gasteiger partial charge in [-0.05, 0) is 53.9 Å². The summed E-state index contributed by atoms with van der Waals surface area (Å²) in [5.74, 6) is -1.24. The van der Waals surface area contributed by atoms with E-state index in [0.717, 1.165) is 4.88 Å². The van der Waals surface area contributed by atoms with E-state index in [1.54, 1.807) is 17.4 Å². The second-order valence-electron chi connectivity index (χ2n) is 5.52. The Hall–Kier alpha value is -3.03. The Labute approximate surface area is 179 Å². The Balaban J connectivity index is 0.00000210. The molecule has 0 unspecified atom stereocenters. The van der Waals surface area contributed by atoms with Gasteiger partial charge in [-0.2, -0.15) is 5.26 Å². The molecule has 0 bridgehead atoms. The number of aromatic carboxylic acids is 1. The standard InChI is InChI=1S/C20H14N2O4S.Li.H/c21-11-13-3-5-14(6-4-13)19(23)22-18-8-7-15(10-17(18)20(24)25)26-12-16-2-1-9-27-16;;/h1-10H,12H2,(H,22,23)(H,24,25);;/q;+1;-1. The fourth-order valence-electron chi connectivity index (χ4n) is 2.34. The number of nitrogens with one attached hydrogen (secondary N) is 1. The summed E-state index contributed by atoms with van der Waals surface area (Å²) in [7, 11) is 0. The summed E-state index contributed by atoms with van der Waals surface area (Å²) in [4.78, 5) is 24.9. The number of nitrogens with zero attached hydrogens (tertiary/aromatic N) is 1. The normalized spacial score (nSPS) is 9.68. The number of carboxylic acids is 1. The third-order valence-electron chi connectivity index (χ3n) is 3.71. The van der Waals surface area contributed by atoms with Gasteiger partial charge in [-0.25, -0.2) is 4.79 Å². The molecule has 3 aromatic rings. The van der Waals surface area contributed by atoms with Crippen LogP contribution in [0.1, 0.15) is 32.6 Å². The maximum atomic E-state index is 12.3. The van der Waals surface area contributed by atoms with E-state index < -0.39 is 11.9 Å². The first-order valence-electron chi connectivity index (χ1n) is 7.91. The predicted molar refractivity (Wildman–Crippen MR) is 102 cm³/mol. The number of hydrogen-bond acceptors (Lipinski definition) is 5. The van der Waals surface area contributed by atoms with Crippen LogP contribution in [0.2, 0.25) is 0 Å². The molecule has 0 spiro atoms. The number of nitriles is 1. The molecule has 0 aliphatic carbocycles. The summed E-state index contributed by atoms with van der Waals surface area (Å²) >= 11 is 1.55. The maximum absolute atomic E-state index is 12.3. The van der Waals surface area contributed by atoms with Crippen LogP contribution in [0.15, 0.2) is 60.0 Å². The molecule has 1 amide bonds. The molecular formula is C20H15LiN2O4S. The zero-order valence-corrected chi connectivity index (χ0v) is 15.8. The molecule has 0 saturated heterocycles. The Bertz CT molecular complexity index is 1020. The zero-order chi connectivity index (χ0) is 19.2. The van der Waals surface area contributed by atoms with Gasteiger partial charge in [0.25, 0.3) is 5.91 Å². The van der Waals surface area contributed by atoms with E-state index in [0.29, 0.717) is 23.5 Å². The minimum absolute atomic E-state index is 0. The largest absolute Gasteiger partial charge is 1.00 e. The van der Waals surface area contributed by atoms with Crippen molar-refractivity contribution in [3.8, 4) is 11.8 Å². The van der Waals surface area contributed by atoms with Crippen LogP contribution in [-0.2, 0) is 6.61 Å². The molecule has 6 nitrogen and oxygen atoms in total. The number of thiophene rings is 1. The number of carbonyl (C=O) groups is 2. The maximum Gasteiger partial charge on any atom is 1.00 e. The van der Waals surface area contributed by atoms with Crippen molar-refractivity contribution < 1.29 is 39.7 Å². The molecule has 2 aromatic carbocycles. The summed E-state index contributed by atoms with van der Waals surface area (Å²) in [5.41, 5.74) is 0.856. The molecule has 0 atom stereocenters. The second kappa shape index (κ2) is 9.77. The van der Waals surface area contributed by atoms with Crippen molar-refractivity contribution in [2.75, 3.05) is 5.32 Å². The average Bonchev–Trinajstić information content (AvgIpc) is 3.20. The summed E-state index contributed by atoms with van der Waals surface area (Å²) in [6.45, 7) is 0.341. The molecule has 1 heterocycles. The van der Waals surface area contributed by atoms with Gasteiger partial charge in [-0.1, -0.05) is 6.07 Å². The van der Waals surface area contributed by atoms with Gasteiger partial charge in [0.15, 0.2) is 0 Å². The first-order chi connectivity index (χ1) is 13.1. The molecule has 0 aliphatic heterocycles. The fraction of sp³-hybridized carbons (Fsp3) is 0.0500. The van der Waals surface area contributed by atoms with E-state index in [1.807, 2.05) is 23.6 Å².